The molecule has 0 spiro atoms. The van der Waals surface area contributed by atoms with Crippen molar-refractivity contribution in [2.75, 3.05) is 0 Å². The zero-order valence-corrected chi connectivity index (χ0v) is 7.69. The maximum atomic E-state index is 10.6. The largest absolute Gasteiger partial charge is 1.00 e. The third kappa shape index (κ3) is 3.02. The topological polar surface area (TPSA) is 17.1 Å². The Kier molecular flexibility index (Phi) is 4.34. The minimum atomic E-state index is -0.292. The van der Waals surface area contributed by atoms with Gasteiger partial charge < -0.3 is 17.4 Å². The van der Waals surface area contributed by atoms with Crippen molar-refractivity contribution in [2.24, 2.45) is 0 Å². The summed E-state index contributed by atoms with van der Waals surface area (Å²) in [5, 5.41) is -0.292. The van der Waals surface area contributed by atoms with Crippen LogP contribution >= 0.6 is 0 Å². The molecule has 0 N–H and O–H groups in total. The fraction of sp³-hybridized carbons (Fsp3) is 0.125. The molecule has 62 valence electrons. The summed E-state index contributed by atoms with van der Waals surface area (Å²) < 4.78 is 0. The fourth-order valence-corrected chi connectivity index (χ4v) is 0.826. The quantitative estimate of drug-likeness (QED) is 0.523. The van der Waals surface area contributed by atoms with Gasteiger partial charge in [0, 0.05) is 5.12 Å². The van der Waals surface area contributed by atoms with Gasteiger partial charge >= 0.3 is 17.1 Å². The van der Waals surface area contributed by atoms with E-state index in [0.29, 0.717) is 5.56 Å². The van der Waals surface area contributed by atoms with Gasteiger partial charge in [-0.1, -0.05) is 29.8 Å². The molecule has 0 saturated heterocycles. The Labute approximate surface area is 82.1 Å². The monoisotopic (exact) mass is 214 g/mol. The molecule has 0 aliphatic heterocycles. The summed E-state index contributed by atoms with van der Waals surface area (Å²) in [4.78, 5) is 10.6. The van der Waals surface area contributed by atoms with Gasteiger partial charge in [-0.25, -0.2) is 0 Å². The van der Waals surface area contributed by atoms with E-state index in [0.717, 1.165) is 5.56 Å². The molecule has 0 unspecified atom stereocenters. The van der Waals surface area contributed by atoms with Crippen LogP contribution in [0.3, 0.4) is 0 Å². The molecule has 3 heteroatoms. The minimum absolute atomic E-state index is 0. The van der Waals surface area contributed by atoms with Crippen LogP contribution in [0.5, 0.6) is 0 Å². The molecular weight excluding hydrogens is 208 g/mol. The molecule has 0 fully saturated rings. The van der Waals surface area contributed by atoms with Gasteiger partial charge in [-0.05, 0) is 12.5 Å². The Balaban J connectivity index is 0.000001000. The van der Waals surface area contributed by atoms with E-state index < -0.39 is 0 Å². The second-order valence-electron chi connectivity index (χ2n) is 2.15. The first kappa shape index (κ1) is 10.6. The average molecular weight is 215 g/mol. The Morgan fingerprint density at radius 1 is 1.27 bits per heavy atom. The maximum absolute atomic E-state index is 10.6. The van der Waals surface area contributed by atoms with Crippen molar-refractivity contribution in [3.8, 4) is 0 Å². The molecule has 0 aliphatic rings. The van der Waals surface area contributed by atoms with Crippen LogP contribution in [0, 0.1) is 6.92 Å². The molecule has 1 aromatic carbocycles. The standard InChI is InChI=1S/C8H8OS.Cu/c1-6-2-4-7(5-3-6)8(9)10;/h2-5H,1H3,(H,9,10);/q;+1/p-1. The zero-order valence-electron chi connectivity index (χ0n) is 5.93. The van der Waals surface area contributed by atoms with Crippen LogP contribution in [0.4, 0.5) is 0 Å². The average Bonchev–Trinajstić information content (AvgIpc) is 1.88. The molecule has 0 saturated carbocycles. The summed E-state index contributed by atoms with van der Waals surface area (Å²) >= 11 is 4.45. The molecule has 0 bridgehead atoms. The van der Waals surface area contributed by atoms with E-state index in [1.54, 1.807) is 12.1 Å². The van der Waals surface area contributed by atoms with Gasteiger partial charge in [-0.15, -0.1) is 0 Å². The van der Waals surface area contributed by atoms with Gasteiger partial charge in [-0.2, -0.15) is 0 Å². The van der Waals surface area contributed by atoms with Crippen molar-refractivity contribution >= 4 is 17.7 Å². The van der Waals surface area contributed by atoms with Gasteiger partial charge in [0.25, 0.3) is 0 Å². The van der Waals surface area contributed by atoms with Gasteiger partial charge in [0.1, 0.15) is 0 Å². The number of carbonyl (C=O) groups excluding carboxylic acids is 1. The number of hydrogen-bond donors (Lipinski definition) is 0. The van der Waals surface area contributed by atoms with Crippen LogP contribution < -0.4 is 0 Å². The van der Waals surface area contributed by atoms with Crippen molar-refractivity contribution < 1.29 is 21.9 Å². The molecule has 0 radical (unpaired) electrons. The van der Waals surface area contributed by atoms with Crippen LogP contribution in [-0.2, 0) is 29.7 Å². The normalized spacial score (nSPS) is 8.45. The minimum Gasteiger partial charge on any atom is -0.737 e. The predicted octanol–water partition coefficient (Wildman–Crippen LogP) is 1.68. The van der Waals surface area contributed by atoms with E-state index >= 15 is 0 Å². The zero-order chi connectivity index (χ0) is 7.56. The van der Waals surface area contributed by atoms with E-state index in [9.17, 15) is 4.79 Å². The summed E-state index contributed by atoms with van der Waals surface area (Å²) in [6.45, 7) is 1.97. The summed E-state index contributed by atoms with van der Waals surface area (Å²) in [7, 11) is 0. The van der Waals surface area contributed by atoms with E-state index in [2.05, 4.69) is 12.6 Å². The van der Waals surface area contributed by atoms with Crippen molar-refractivity contribution in [3.05, 3.63) is 35.4 Å². The van der Waals surface area contributed by atoms with Crippen molar-refractivity contribution in [3.63, 3.8) is 0 Å². The molecule has 0 atom stereocenters. The van der Waals surface area contributed by atoms with Gasteiger partial charge in [0.15, 0.2) is 0 Å². The second kappa shape index (κ2) is 4.50. The predicted molar refractivity (Wildman–Crippen MR) is 42.9 cm³/mol. The first-order chi connectivity index (χ1) is 4.70. The third-order valence-corrected chi connectivity index (χ3v) is 1.52. The maximum Gasteiger partial charge on any atom is 1.00 e. The Bertz CT molecular complexity index is 243. The molecule has 0 heterocycles. The smallest absolute Gasteiger partial charge is 0.737 e. The van der Waals surface area contributed by atoms with Crippen LogP contribution in [0.15, 0.2) is 24.3 Å². The summed E-state index contributed by atoms with van der Waals surface area (Å²) in [6.07, 6.45) is 0. The van der Waals surface area contributed by atoms with E-state index in [1.165, 1.54) is 0 Å². The molecule has 1 aromatic rings. The van der Waals surface area contributed by atoms with Crippen molar-refractivity contribution in [2.45, 2.75) is 6.92 Å². The first-order valence-electron chi connectivity index (χ1n) is 2.98. The van der Waals surface area contributed by atoms with Crippen LogP contribution in [0.1, 0.15) is 15.9 Å². The van der Waals surface area contributed by atoms with E-state index in [4.69, 9.17) is 0 Å². The number of aryl methyl sites for hydroxylation is 1. The van der Waals surface area contributed by atoms with Gasteiger partial charge in [0.2, 0.25) is 0 Å². The molecule has 11 heavy (non-hydrogen) atoms. The van der Waals surface area contributed by atoms with Crippen molar-refractivity contribution in [1.82, 2.24) is 0 Å². The number of carbonyl (C=O) groups is 1. The second-order valence-corrected chi connectivity index (χ2v) is 2.52. The van der Waals surface area contributed by atoms with Crippen molar-refractivity contribution in [1.29, 1.82) is 0 Å². The third-order valence-electron chi connectivity index (χ3n) is 1.29. The molecule has 1 nitrogen and oxygen atoms in total. The van der Waals surface area contributed by atoms with Crippen LogP contribution in [0.2, 0.25) is 0 Å². The Hall–Kier alpha value is -0.371. The summed E-state index contributed by atoms with van der Waals surface area (Å²) in [6, 6.07) is 7.23. The first-order valence-corrected chi connectivity index (χ1v) is 3.39. The molecular formula is C8H7CuOS. The van der Waals surface area contributed by atoms with E-state index in [1.807, 2.05) is 19.1 Å². The molecule has 0 aromatic heterocycles. The Morgan fingerprint density at radius 2 is 1.73 bits per heavy atom. The molecule has 0 aliphatic carbocycles. The fourth-order valence-electron chi connectivity index (χ4n) is 0.690. The van der Waals surface area contributed by atoms with Crippen LogP contribution in [0.25, 0.3) is 0 Å². The Morgan fingerprint density at radius 3 is 2.09 bits per heavy atom. The number of rotatable bonds is 1. The number of hydrogen-bond acceptors (Lipinski definition) is 2. The van der Waals surface area contributed by atoms with Crippen LogP contribution in [-0.4, -0.2) is 5.12 Å². The molecule has 1 rings (SSSR count). The SMILES string of the molecule is Cc1ccc(C(=O)[S-])cc1.[Cu+]. The summed E-state index contributed by atoms with van der Waals surface area (Å²) in [5.41, 5.74) is 1.74. The van der Waals surface area contributed by atoms with E-state index in [-0.39, 0.29) is 22.2 Å². The molecule has 0 amide bonds. The summed E-state index contributed by atoms with van der Waals surface area (Å²) in [5.74, 6) is 0. The van der Waals surface area contributed by atoms with Gasteiger partial charge in [-0.3, -0.25) is 0 Å². The number of benzene rings is 1. The van der Waals surface area contributed by atoms with Gasteiger partial charge in [0.05, 0.1) is 0 Å².